The molecule has 0 spiro atoms. The maximum Gasteiger partial charge on any atom is 0.257 e. The molecule has 162 valence electrons. The van der Waals surface area contributed by atoms with E-state index in [4.69, 9.17) is 11.6 Å². The van der Waals surface area contributed by atoms with Gasteiger partial charge in [0.2, 0.25) is 5.91 Å². The van der Waals surface area contributed by atoms with Crippen molar-refractivity contribution in [1.82, 2.24) is 4.90 Å². The Morgan fingerprint density at radius 1 is 0.935 bits per heavy atom. The van der Waals surface area contributed by atoms with Gasteiger partial charge in [-0.15, -0.1) is 0 Å². The number of anilines is 1. The quantitative estimate of drug-likeness (QED) is 0.490. The Bertz CT molecular complexity index is 963. The van der Waals surface area contributed by atoms with E-state index in [1.165, 1.54) is 4.90 Å². The van der Waals surface area contributed by atoms with Crippen LogP contribution in [-0.2, 0) is 9.59 Å². The summed E-state index contributed by atoms with van der Waals surface area (Å²) in [6.07, 6.45) is 6.05. The molecule has 1 atom stereocenters. The smallest absolute Gasteiger partial charge is 0.257 e. The summed E-state index contributed by atoms with van der Waals surface area (Å²) in [6, 6.07) is 13.2. The third kappa shape index (κ3) is 4.52. The SMILES string of the molecule is Cc1ccc(C(=O)N(C2CCCCCC2)C2CC(=O)N(c3ccc(Cl)cc3)C2=O)cc1. The predicted octanol–water partition coefficient (Wildman–Crippen LogP) is 5.15. The highest BCUT2D eigenvalue weighted by Crippen LogP contribution is 2.32. The van der Waals surface area contributed by atoms with E-state index in [1.54, 1.807) is 41.3 Å². The van der Waals surface area contributed by atoms with Crippen LogP contribution in [0.25, 0.3) is 0 Å². The molecule has 1 heterocycles. The number of amides is 3. The van der Waals surface area contributed by atoms with Crippen molar-refractivity contribution in [2.75, 3.05) is 4.90 Å². The molecular weight excluding hydrogens is 412 g/mol. The van der Waals surface area contributed by atoms with Gasteiger partial charge in [0.15, 0.2) is 0 Å². The van der Waals surface area contributed by atoms with Gasteiger partial charge in [0, 0.05) is 16.6 Å². The zero-order valence-electron chi connectivity index (χ0n) is 17.7. The number of carbonyl (C=O) groups is 3. The molecule has 1 unspecified atom stereocenters. The molecule has 31 heavy (non-hydrogen) atoms. The number of rotatable bonds is 4. The summed E-state index contributed by atoms with van der Waals surface area (Å²) in [5, 5.41) is 0.536. The Morgan fingerprint density at radius 3 is 2.16 bits per heavy atom. The highest BCUT2D eigenvalue weighted by atomic mass is 35.5. The second kappa shape index (κ2) is 9.23. The van der Waals surface area contributed by atoms with E-state index >= 15 is 0 Å². The summed E-state index contributed by atoms with van der Waals surface area (Å²) in [7, 11) is 0. The summed E-state index contributed by atoms with van der Waals surface area (Å²) in [6.45, 7) is 1.97. The van der Waals surface area contributed by atoms with Crippen LogP contribution in [0.2, 0.25) is 5.02 Å². The second-order valence-corrected chi connectivity index (χ2v) is 8.92. The second-order valence-electron chi connectivity index (χ2n) is 8.49. The molecule has 4 rings (SSSR count). The zero-order chi connectivity index (χ0) is 22.0. The van der Waals surface area contributed by atoms with Gasteiger partial charge >= 0.3 is 0 Å². The lowest BCUT2D eigenvalue weighted by Gasteiger charge is -2.35. The van der Waals surface area contributed by atoms with Gasteiger partial charge in [-0.05, 0) is 56.2 Å². The van der Waals surface area contributed by atoms with Crippen molar-refractivity contribution < 1.29 is 14.4 Å². The summed E-state index contributed by atoms with van der Waals surface area (Å²) >= 11 is 5.97. The van der Waals surface area contributed by atoms with Crippen LogP contribution in [0.15, 0.2) is 48.5 Å². The highest BCUT2D eigenvalue weighted by molar-refractivity contribution is 6.31. The van der Waals surface area contributed by atoms with E-state index in [1.807, 2.05) is 19.1 Å². The Hall–Kier alpha value is -2.66. The van der Waals surface area contributed by atoms with Crippen LogP contribution >= 0.6 is 11.6 Å². The fraction of sp³-hybridized carbons (Fsp3) is 0.400. The van der Waals surface area contributed by atoms with Gasteiger partial charge in [-0.2, -0.15) is 0 Å². The van der Waals surface area contributed by atoms with Crippen LogP contribution in [-0.4, -0.2) is 34.7 Å². The fourth-order valence-corrected chi connectivity index (χ4v) is 4.76. The molecule has 1 saturated heterocycles. The first-order valence-electron chi connectivity index (χ1n) is 11.0. The van der Waals surface area contributed by atoms with Crippen molar-refractivity contribution in [3.63, 3.8) is 0 Å². The molecule has 2 aliphatic rings. The standard InChI is InChI=1S/C25H27ClN2O3/c1-17-8-10-18(11-9-17)24(30)27(20-6-4-2-3-5-7-20)22-16-23(29)28(25(22)31)21-14-12-19(26)13-15-21/h8-15,20,22H,2-7,16H2,1H3. The van der Waals surface area contributed by atoms with E-state index < -0.39 is 6.04 Å². The monoisotopic (exact) mass is 438 g/mol. The predicted molar refractivity (Wildman–Crippen MR) is 121 cm³/mol. The van der Waals surface area contributed by atoms with E-state index in [2.05, 4.69) is 0 Å². The highest BCUT2D eigenvalue weighted by Gasteiger charge is 2.46. The first-order chi connectivity index (χ1) is 15.0. The molecule has 2 fully saturated rings. The third-order valence-electron chi connectivity index (χ3n) is 6.29. The molecule has 0 aromatic heterocycles. The first-order valence-corrected chi connectivity index (χ1v) is 11.3. The average Bonchev–Trinajstić information content (AvgIpc) is 2.92. The van der Waals surface area contributed by atoms with Gasteiger partial charge < -0.3 is 4.90 Å². The Morgan fingerprint density at radius 2 is 1.55 bits per heavy atom. The summed E-state index contributed by atoms with van der Waals surface area (Å²) in [5.74, 6) is -0.791. The minimum Gasteiger partial charge on any atom is -0.323 e. The first kappa shape index (κ1) is 21.6. The molecule has 2 aromatic carbocycles. The average molecular weight is 439 g/mol. The van der Waals surface area contributed by atoms with Crippen molar-refractivity contribution in [3.8, 4) is 0 Å². The molecule has 6 heteroatoms. The van der Waals surface area contributed by atoms with Gasteiger partial charge in [0.25, 0.3) is 11.8 Å². The number of nitrogens with zero attached hydrogens (tertiary/aromatic N) is 2. The van der Waals surface area contributed by atoms with Crippen molar-refractivity contribution in [3.05, 3.63) is 64.7 Å². The lowest BCUT2D eigenvalue weighted by Crippen LogP contribution is -2.50. The van der Waals surface area contributed by atoms with Crippen LogP contribution < -0.4 is 4.90 Å². The fourth-order valence-electron chi connectivity index (χ4n) is 4.64. The number of halogens is 1. The van der Waals surface area contributed by atoms with Crippen LogP contribution in [0.5, 0.6) is 0 Å². The van der Waals surface area contributed by atoms with Crippen LogP contribution in [0.1, 0.15) is 60.9 Å². The largest absolute Gasteiger partial charge is 0.323 e. The van der Waals surface area contributed by atoms with Crippen molar-refractivity contribution in [2.24, 2.45) is 0 Å². The van der Waals surface area contributed by atoms with E-state index in [9.17, 15) is 14.4 Å². The molecule has 3 amide bonds. The number of aryl methyl sites for hydroxylation is 1. The Labute approximate surface area is 188 Å². The minimum atomic E-state index is -0.778. The number of hydrogen-bond donors (Lipinski definition) is 0. The van der Waals surface area contributed by atoms with Crippen molar-refractivity contribution in [1.29, 1.82) is 0 Å². The normalized spacial score (nSPS) is 20.1. The van der Waals surface area contributed by atoms with Crippen LogP contribution in [0.3, 0.4) is 0 Å². The lowest BCUT2D eigenvalue weighted by molar-refractivity contribution is -0.123. The van der Waals surface area contributed by atoms with E-state index in [0.717, 1.165) is 44.1 Å². The molecular formula is C25H27ClN2O3. The summed E-state index contributed by atoms with van der Waals surface area (Å²) in [5.41, 5.74) is 2.11. The molecule has 0 N–H and O–H groups in total. The van der Waals surface area contributed by atoms with Gasteiger partial charge in [-0.25, -0.2) is 4.90 Å². The number of hydrogen-bond acceptors (Lipinski definition) is 3. The molecule has 0 radical (unpaired) electrons. The molecule has 0 bridgehead atoms. The van der Waals surface area contributed by atoms with Crippen molar-refractivity contribution >= 4 is 35.0 Å². The van der Waals surface area contributed by atoms with E-state index in [0.29, 0.717) is 16.3 Å². The van der Waals surface area contributed by atoms with Gasteiger partial charge in [0.05, 0.1) is 12.1 Å². The topological polar surface area (TPSA) is 57.7 Å². The molecule has 1 aliphatic heterocycles. The maximum atomic E-state index is 13.6. The molecule has 5 nitrogen and oxygen atoms in total. The Kier molecular flexibility index (Phi) is 6.42. The minimum absolute atomic E-state index is 0.00949. The molecule has 1 saturated carbocycles. The lowest BCUT2D eigenvalue weighted by atomic mass is 10.0. The van der Waals surface area contributed by atoms with Gasteiger partial charge in [-0.3, -0.25) is 14.4 Å². The number of benzene rings is 2. The van der Waals surface area contributed by atoms with Gasteiger partial charge in [0.1, 0.15) is 6.04 Å². The van der Waals surface area contributed by atoms with Gasteiger partial charge in [-0.1, -0.05) is 55.0 Å². The van der Waals surface area contributed by atoms with Crippen LogP contribution in [0, 0.1) is 6.92 Å². The molecule has 1 aliphatic carbocycles. The van der Waals surface area contributed by atoms with E-state index in [-0.39, 0.29) is 30.2 Å². The number of carbonyl (C=O) groups excluding carboxylic acids is 3. The summed E-state index contributed by atoms with van der Waals surface area (Å²) in [4.78, 5) is 42.9. The maximum absolute atomic E-state index is 13.6. The third-order valence-corrected chi connectivity index (χ3v) is 6.55. The van der Waals surface area contributed by atoms with Crippen molar-refractivity contribution in [2.45, 2.75) is 64.0 Å². The molecule has 2 aromatic rings. The Balaban J connectivity index is 1.68. The van der Waals surface area contributed by atoms with Crippen LogP contribution in [0.4, 0.5) is 5.69 Å². The number of imide groups is 1. The summed E-state index contributed by atoms with van der Waals surface area (Å²) < 4.78 is 0. The zero-order valence-corrected chi connectivity index (χ0v) is 18.5.